The van der Waals surface area contributed by atoms with E-state index in [-0.39, 0.29) is 5.91 Å². The van der Waals surface area contributed by atoms with Crippen molar-refractivity contribution < 1.29 is 9.53 Å². The van der Waals surface area contributed by atoms with Gasteiger partial charge in [0.15, 0.2) is 11.5 Å². The first-order chi connectivity index (χ1) is 13.3. The predicted octanol–water partition coefficient (Wildman–Crippen LogP) is 3.91. The number of hydrogen-bond acceptors (Lipinski definition) is 4. The first-order valence-electron chi connectivity index (χ1n) is 9.13. The van der Waals surface area contributed by atoms with Gasteiger partial charge in [-0.05, 0) is 42.3 Å². The van der Waals surface area contributed by atoms with Gasteiger partial charge in [0.2, 0.25) is 5.91 Å². The Hall–Kier alpha value is -3.18. The molecular weight excluding hydrogens is 338 g/mol. The van der Waals surface area contributed by atoms with Gasteiger partial charge < -0.3 is 4.74 Å². The summed E-state index contributed by atoms with van der Waals surface area (Å²) in [6.45, 7) is 1.91. The van der Waals surface area contributed by atoms with Crippen molar-refractivity contribution in [1.82, 2.24) is 9.88 Å². The molecule has 0 saturated heterocycles. The number of pyridine rings is 1. The number of anilines is 2. The molecular formula is C22H19N3O2. The van der Waals surface area contributed by atoms with E-state index in [4.69, 9.17) is 4.74 Å². The molecule has 3 heterocycles. The molecule has 0 spiro atoms. The highest BCUT2D eigenvalue weighted by molar-refractivity contribution is 6.05. The van der Waals surface area contributed by atoms with Gasteiger partial charge in [0.05, 0.1) is 23.6 Å². The number of nitrogens with zero attached hydrogens (tertiary/aromatic N) is 3. The van der Waals surface area contributed by atoms with E-state index < -0.39 is 0 Å². The van der Waals surface area contributed by atoms with E-state index in [9.17, 15) is 4.79 Å². The van der Waals surface area contributed by atoms with E-state index in [2.05, 4.69) is 16.0 Å². The van der Waals surface area contributed by atoms with E-state index >= 15 is 0 Å². The molecule has 0 N–H and O–H groups in total. The molecule has 1 aromatic heterocycles. The molecule has 0 atom stereocenters. The van der Waals surface area contributed by atoms with Crippen LogP contribution in [0.1, 0.15) is 11.3 Å². The van der Waals surface area contributed by atoms with Crippen molar-refractivity contribution in [1.29, 1.82) is 0 Å². The molecule has 5 nitrogen and oxygen atoms in total. The predicted molar refractivity (Wildman–Crippen MR) is 103 cm³/mol. The third kappa shape index (κ3) is 2.86. The number of benzene rings is 2. The summed E-state index contributed by atoms with van der Waals surface area (Å²) in [7, 11) is 0. The fourth-order valence-corrected chi connectivity index (χ4v) is 3.78. The van der Waals surface area contributed by atoms with Gasteiger partial charge in [-0.15, -0.1) is 0 Å². The molecule has 0 bridgehead atoms. The summed E-state index contributed by atoms with van der Waals surface area (Å²) in [4.78, 5) is 21.7. The smallest absolute Gasteiger partial charge is 0.245 e. The lowest BCUT2D eigenvalue weighted by Gasteiger charge is -2.33. The summed E-state index contributed by atoms with van der Waals surface area (Å²) < 4.78 is 5.98. The van der Waals surface area contributed by atoms with Gasteiger partial charge in [0.1, 0.15) is 0 Å². The van der Waals surface area contributed by atoms with Crippen LogP contribution in [0.3, 0.4) is 0 Å². The minimum Gasteiger partial charge on any atom is -0.453 e. The molecule has 5 heteroatoms. The Bertz CT molecular complexity index is 972. The Morgan fingerprint density at radius 1 is 0.963 bits per heavy atom. The largest absolute Gasteiger partial charge is 0.453 e. The molecule has 27 heavy (non-hydrogen) atoms. The first-order valence-corrected chi connectivity index (χ1v) is 9.13. The molecule has 0 unspecified atom stereocenters. The zero-order valence-electron chi connectivity index (χ0n) is 14.8. The lowest BCUT2D eigenvalue weighted by atomic mass is 10.1. The fourth-order valence-electron chi connectivity index (χ4n) is 3.78. The second-order valence-electron chi connectivity index (χ2n) is 6.84. The molecule has 0 radical (unpaired) electrons. The topological polar surface area (TPSA) is 45.7 Å². The van der Waals surface area contributed by atoms with E-state index in [1.807, 2.05) is 60.8 Å². The Morgan fingerprint density at radius 3 is 2.41 bits per heavy atom. The summed E-state index contributed by atoms with van der Waals surface area (Å²) in [5.74, 6) is 1.45. The zero-order chi connectivity index (χ0) is 18.2. The first kappa shape index (κ1) is 16.0. The number of hydrogen-bond donors (Lipinski definition) is 0. The summed E-state index contributed by atoms with van der Waals surface area (Å²) in [6, 6.07) is 19.4. The van der Waals surface area contributed by atoms with Gasteiger partial charge in [-0.25, -0.2) is 0 Å². The van der Waals surface area contributed by atoms with Crippen LogP contribution in [0.15, 0.2) is 66.9 Å². The van der Waals surface area contributed by atoms with Crippen molar-refractivity contribution in [3.05, 3.63) is 78.1 Å². The second kappa shape index (κ2) is 6.52. The van der Waals surface area contributed by atoms with Crippen LogP contribution in [0.25, 0.3) is 0 Å². The monoisotopic (exact) mass is 357 g/mol. The lowest BCUT2D eigenvalue weighted by molar-refractivity contribution is -0.119. The average Bonchev–Trinajstić information content (AvgIpc) is 2.71. The molecule has 2 aromatic carbocycles. The maximum Gasteiger partial charge on any atom is 0.245 e. The molecule has 2 aliphatic heterocycles. The number of amides is 1. The number of carbonyl (C=O) groups is 1. The van der Waals surface area contributed by atoms with Gasteiger partial charge in [-0.3, -0.25) is 19.6 Å². The van der Waals surface area contributed by atoms with Crippen molar-refractivity contribution >= 4 is 17.3 Å². The molecule has 1 amide bonds. The molecule has 0 fully saturated rings. The van der Waals surface area contributed by atoms with E-state index in [0.29, 0.717) is 24.6 Å². The SMILES string of the molecule is O=C(CN1CCc2cccnc2C1)N1c2ccccc2Oc2ccccc21. The summed E-state index contributed by atoms with van der Waals surface area (Å²) in [5, 5.41) is 0. The number of ether oxygens (including phenoxy) is 1. The van der Waals surface area contributed by atoms with E-state index in [0.717, 1.165) is 30.0 Å². The molecule has 3 aromatic rings. The molecule has 0 aliphatic carbocycles. The number of rotatable bonds is 2. The second-order valence-corrected chi connectivity index (χ2v) is 6.84. The zero-order valence-corrected chi connectivity index (χ0v) is 14.8. The van der Waals surface area contributed by atoms with Crippen LogP contribution < -0.4 is 9.64 Å². The number of para-hydroxylation sites is 4. The Balaban J connectivity index is 1.44. The van der Waals surface area contributed by atoms with Crippen LogP contribution in [0.4, 0.5) is 11.4 Å². The quantitative estimate of drug-likeness (QED) is 0.698. The van der Waals surface area contributed by atoms with E-state index in [1.54, 1.807) is 4.90 Å². The normalized spacial score (nSPS) is 15.3. The fraction of sp³-hybridized carbons (Fsp3) is 0.182. The van der Waals surface area contributed by atoms with Crippen molar-refractivity contribution in [2.75, 3.05) is 18.0 Å². The minimum absolute atomic E-state index is 0.0394. The van der Waals surface area contributed by atoms with Crippen LogP contribution in [-0.2, 0) is 17.8 Å². The highest BCUT2D eigenvalue weighted by Gasteiger charge is 2.30. The summed E-state index contributed by atoms with van der Waals surface area (Å²) >= 11 is 0. The van der Waals surface area contributed by atoms with Crippen LogP contribution in [0.2, 0.25) is 0 Å². The van der Waals surface area contributed by atoms with E-state index in [1.165, 1.54) is 5.56 Å². The molecule has 134 valence electrons. The van der Waals surface area contributed by atoms with Gasteiger partial charge in [0, 0.05) is 19.3 Å². The third-order valence-corrected chi connectivity index (χ3v) is 5.10. The van der Waals surface area contributed by atoms with Gasteiger partial charge in [0.25, 0.3) is 0 Å². The van der Waals surface area contributed by atoms with Crippen LogP contribution in [-0.4, -0.2) is 28.9 Å². The summed E-state index contributed by atoms with van der Waals surface area (Å²) in [5.41, 5.74) is 3.93. The maximum absolute atomic E-state index is 13.3. The molecule has 0 saturated carbocycles. The molecule has 2 aliphatic rings. The number of aromatic nitrogens is 1. The van der Waals surface area contributed by atoms with Crippen molar-refractivity contribution in [2.45, 2.75) is 13.0 Å². The minimum atomic E-state index is 0.0394. The van der Waals surface area contributed by atoms with Crippen LogP contribution in [0.5, 0.6) is 11.5 Å². The molecule has 5 rings (SSSR count). The van der Waals surface area contributed by atoms with Crippen LogP contribution in [0, 0.1) is 0 Å². The van der Waals surface area contributed by atoms with Gasteiger partial charge in [-0.2, -0.15) is 0 Å². The third-order valence-electron chi connectivity index (χ3n) is 5.10. The lowest BCUT2D eigenvalue weighted by Crippen LogP contribution is -2.41. The summed E-state index contributed by atoms with van der Waals surface area (Å²) in [6.07, 6.45) is 2.74. The highest BCUT2D eigenvalue weighted by atomic mass is 16.5. The Kier molecular flexibility index (Phi) is 3.87. The van der Waals surface area contributed by atoms with Crippen LogP contribution >= 0.6 is 0 Å². The Labute approximate surface area is 157 Å². The maximum atomic E-state index is 13.3. The number of fused-ring (bicyclic) bond motifs is 3. The number of carbonyl (C=O) groups excluding carboxylic acids is 1. The average molecular weight is 357 g/mol. The highest BCUT2D eigenvalue weighted by Crippen LogP contribution is 2.46. The van der Waals surface area contributed by atoms with Crippen molar-refractivity contribution in [2.24, 2.45) is 0 Å². The standard InChI is InChI=1S/C22H19N3O2/c26-22(15-24-13-11-16-6-5-12-23-17(16)14-24)25-18-7-1-3-9-20(18)27-21-10-4-2-8-19(21)25/h1-10,12H,11,13-15H2. The van der Waals surface area contributed by atoms with Crippen molar-refractivity contribution in [3.8, 4) is 11.5 Å². The Morgan fingerprint density at radius 2 is 1.67 bits per heavy atom. The van der Waals surface area contributed by atoms with Gasteiger partial charge in [-0.1, -0.05) is 30.3 Å². The van der Waals surface area contributed by atoms with Gasteiger partial charge >= 0.3 is 0 Å². The van der Waals surface area contributed by atoms with Crippen molar-refractivity contribution in [3.63, 3.8) is 0 Å².